The first-order valence-corrected chi connectivity index (χ1v) is 9.06. The van der Waals surface area contributed by atoms with Crippen molar-refractivity contribution in [3.63, 3.8) is 0 Å². The lowest BCUT2D eigenvalue weighted by Gasteiger charge is -2.35. The predicted octanol–water partition coefficient (Wildman–Crippen LogP) is 0.104. The molecule has 1 heterocycles. The molecular formula is C13H27N5O2S. The molecule has 0 radical (unpaired) electrons. The van der Waals surface area contributed by atoms with Gasteiger partial charge in [0.05, 0.1) is 6.54 Å². The van der Waals surface area contributed by atoms with Crippen molar-refractivity contribution in [2.75, 3.05) is 27.2 Å². The van der Waals surface area contributed by atoms with Crippen LogP contribution >= 0.6 is 0 Å². The van der Waals surface area contributed by atoms with Crippen LogP contribution in [0.3, 0.4) is 0 Å². The molecule has 2 aliphatic rings. The fourth-order valence-electron chi connectivity index (χ4n) is 2.68. The van der Waals surface area contributed by atoms with Gasteiger partial charge in [-0.2, -0.15) is 17.0 Å². The van der Waals surface area contributed by atoms with Crippen LogP contribution in [-0.4, -0.2) is 62.3 Å². The Bertz CT molecular complexity index is 473. The van der Waals surface area contributed by atoms with Crippen LogP contribution in [0.4, 0.5) is 0 Å². The largest absolute Gasteiger partial charge is 0.370 e. The van der Waals surface area contributed by atoms with Crippen LogP contribution in [-0.2, 0) is 10.2 Å². The van der Waals surface area contributed by atoms with E-state index in [-0.39, 0.29) is 6.04 Å². The Kier molecular flexibility index (Phi) is 5.45. The van der Waals surface area contributed by atoms with Crippen LogP contribution < -0.4 is 11.1 Å². The topological polar surface area (TPSA) is 91.0 Å². The van der Waals surface area contributed by atoms with Crippen molar-refractivity contribution in [2.24, 2.45) is 10.7 Å². The molecule has 2 rings (SSSR count). The van der Waals surface area contributed by atoms with Crippen molar-refractivity contribution < 1.29 is 8.42 Å². The smallest absolute Gasteiger partial charge is 0.281 e. The molecule has 0 aromatic heterocycles. The van der Waals surface area contributed by atoms with E-state index < -0.39 is 10.2 Å². The second-order valence-corrected chi connectivity index (χ2v) is 8.14. The summed E-state index contributed by atoms with van der Waals surface area (Å²) in [5, 5.41) is 3.18. The minimum atomic E-state index is -3.38. The number of piperidine rings is 1. The first-order valence-electron chi connectivity index (χ1n) is 7.67. The molecule has 0 spiro atoms. The van der Waals surface area contributed by atoms with E-state index in [4.69, 9.17) is 5.73 Å². The van der Waals surface area contributed by atoms with Gasteiger partial charge in [-0.25, -0.2) is 0 Å². The number of nitrogens with zero attached hydrogens (tertiary/aromatic N) is 3. The van der Waals surface area contributed by atoms with E-state index in [2.05, 4.69) is 10.3 Å². The maximum absolute atomic E-state index is 12.3. The van der Waals surface area contributed by atoms with E-state index in [1.807, 2.05) is 0 Å². The highest BCUT2D eigenvalue weighted by Crippen LogP contribution is 2.22. The summed E-state index contributed by atoms with van der Waals surface area (Å²) in [7, 11) is -0.245. The van der Waals surface area contributed by atoms with Gasteiger partial charge in [0.25, 0.3) is 10.2 Å². The van der Waals surface area contributed by atoms with E-state index >= 15 is 0 Å². The Morgan fingerprint density at radius 3 is 2.57 bits per heavy atom. The van der Waals surface area contributed by atoms with E-state index in [1.165, 1.54) is 10.7 Å². The lowest BCUT2D eigenvalue weighted by Crippen LogP contribution is -2.50. The first-order chi connectivity index (χ1) is 9.91. The summed E-state index contributed by atoms with van der Waals surface area (Å²) in [5.74, 6) is 0.437. The quantitative estimate of drug-likeness (QED) is 0.556. The molecule has 0 aromatic rings. The molecular weight excluding hydrogens is 290 g/mol. The summed E-state index contributed by atoms with van der Waals surface area (Å²) < 4.78 is 27.5. The van der Waals surface area contributed by atoms with Gasteiger partial charge < -0.3 is 11.1 Å². The Labute approximate surface area is 127 Å². The molecule has 3 N–H and O–H groups in total. The monoisotopic (exact) mass is 317 g/mol. The SMILES string of the molecule is CN(C)S(=O)(=O)N1CCCCC1CN=C(N)NC1CCC1. The van der Waals surface area contributed by atoms with Crippen molar-refractivity contribution in [1.82, 2.24) is 13.9 Å². The summed E-state index contributed by atoms with van der Waals surface area (Å²) in [6.07, 6.45) is 6.30. The van der Waals surface area contributed by atoms with Gasteiger partial charge in [-0.15, -0.1) is 0 Å². The van der Waals surface area contributed by atoms with Gasteiger partial charge in [-0.05, 0) is 32.1 Å². The van der Waals surface area contributed by atoms with Crippen LogP contribution in [0.2, 0.25) is 0 Å². The number of nitrogens with two attached hydrogens (primary N) is 1. The van der Waals surface area contributed by atoms with E-state index in [9.17, 15) is 8.42 Å². The molecule has 8 heteroatoms. The lowest BCUT2D eigenvalue weighted by molar-refractivity contribution is 0.245. The zero-order chi connectivity index (χ0) is 15.5. The number of rotatable bonds is 5. The molecule has 1 saturated heterocycles. The number of nitrogens with one attached hydrogen (secondary N) is 1. The fraction of sp³-hybridized carbons (Fsp3) is 0.923. The molecule has 1 aliphatic carbocycles. The first kappa shape index (κ1) is 16.5. The third-order valence-electron chi connectivity index (χ3n) is 4.26. The van der Waals surface area contributed by atoms with Crippen molar-refractivity contribution >= 4 is 16.2 Å². The standard InChI is InChI=1S/C13H27N5O2S/c1-17(2)21(19,20)18-9-4-3-8-12(18)10-15-13(14)16-11-6-5-7-11/h11-12H,3-10H2,1-2H3,(H3,14,15,16). The van der Waals surface area contributed by atoms with Crippen molar-refractivity contribution in [3.8, 4) is 0 Å². The van der Waals surface area contributed by atoms with Gasteiger partial charge in [0.1, 0.15) is 0 Å². The molecule has 0 bridgehead atoms. The zero-order valence-corrected chi connectivity index (χ0v) is 13.8. The van der Waals surface area contributed by atoms with Crippen molar-refractivity contribution in [2.45, 2.75) is 50.6 Å². The maximum Gasteiger partial charge on any atom is 0.281 e. The fourth-order valence-corrected chi connectivity index (χ4v) is 4.01. The highest BCUT2D eigenvalue weighted by molar-refractivity contribution is 7.86. The molecule has 7 nitrogen and oxygen atoms in total. The normalized spacial score (nSPS) is 25.9. The van der Waals surface area contributed by atoms with Crippen LogP contribution in [0.5, 0.6) is 0 Å². The predicted molar refractivity (Wildman–Crippen MR) is 84.2 cm³/mol. The average molecular weight is 317 g/mol. The van der Waals surface area contributed by atoms with Crippen LogP contribution in [0.1, 0.15) is 38.5 Å². The highest BCUT2D eigenvalue weighted by Gasteiger charge is 2.33. The van der Waals surface area contributed by atoms with Gasteiger partial charge in [0.2, 0.25) is 0 Å². The summed E-state index contributed by atoms with van der Waals surface area (Å²) in [4.78, 5) is 4.35. The van der Waals surface area contributed by atoms with Gasteiger partial charge in [0, 0.05) is 32.7 Å². The van der Waals surface area contributed by atoms with E-state index in [1.54, 1.807) is 18.4 Å². The molecule has 0 aromatic carbocycles. The number of aliphatic imine (C=N–C) groups is 1. The molecule has 0 amide bonds. The highest BCUT2D eigenvalue weighted by atomic mass is 32.2. The van der Waals surface area contributed by atoms with Gasteiger partial charge in [-0.1, -0.05) is 6.42 Å². The van der Waals surface area contributed by atoms with E-state index in [0.717, 1.165) is 32.1 Å². The van der Waals surface area contributed by atoms with Gasteiger partial charge in [0.15, 0.2) is 5.96 Å². The van der Waals surface area contributed by atoms with Gasteiger partial charge >= 0.3 is 0 Å². The summed E-state index contributed by atoms with van der Waals surface area (Å²) >= 11 is 0. The second kappa shape index (κ2) is 6.93. The number of guanidine groups is 1. The van der Waals surface area contributed by atoms with Crippen LogP contribution in [0.15, 0.2) is 4.99 Å². The molecule has 21 heavy (non-hydrogen) atoms. The lowest BCUT2D eigenvalue weighted by atomic mass is 9.93. The molecule has 1 aliphatic heterocycles. The molecule has 122 valence electrons. The van der Waals surface area contributed by atoms with Crippen LogP contribution in [0, 0.1) is 0 Å². The Hall–Kier alpha value is -0.860. The molecule has 1 unspecified atom stereocenters. The molecule has 2 fully saturated rings. The Balaban J connectivity index is 1.97. The number of hydrogen-bond acceptors (Lipinski definition) is 3. The third kappa shape index (κ3) is 4.08. The minimum absolute atomic E-state index is 0.0899. The van der Waals surface area contributed by atoms with Crippen LogP contribution in [0.25, 0.3) is 0 Å². The summed E-state index contributed by atoms with van der Waals surface area (Å²) in [6.45, 7) is 0.995. The van der Waals surface area contributed by atoms with Crippen molar-refractivity contribution in [1.29, 1.82) is 0 Å². The minimum Gasteiger partial charge on any atom is -0.370 e. The second-order valence-electron chi connectivity index (χ2n) is 6.05. The Morgan fingerprint density at radius 1 is 1.29 bits per heavy atom. The number of hydrogen-bond donors (Lipinski definition) is 2. The average Bonchev–Trinajstić information content (AvgIpc) is 2.40. The third-order valence-corrected chi connectivity index (χ3v) is 6.26. The summed E-state index contributed by atoms with van der Waals surface area (Å²) in [5.41, 5.74) is 5.88. The van der Waals surface area contributed by atoms with E-state index in [0.29, 0.717) is 25.1 Å². The van der Waals surface area contributed by atoms with Crippen molar-refractivity contribution in [3.05, 3.63) is 0 Å². The molecule has 1 saturated carbocycles. The van der Waals surface area contributed by atoms with Gasteiger partial charge in [-0.3, -0.25) is 4.99 Å². The molecule has 1 atom stereocenters. The maximum atomic E-state index is 12.3. The summed E-state index contributed by atoms with van der Waals surface area (Å²) in [6, 6.07) is 0.356. The zero-order valence-electron chi connectivity index (χ0n) is 13.0. The Morgan fingerprint density at radius 2 is 2.00 bits per heavy atom.